The summed E-state index contributed by atoms with van der Waals surface area (Å²) in [6.45, 7) is 0. The van der Waals surface area contributed by atoms with Crippen molar-refractivity contribution in [3.63, 3.8) is 0 Å². The zero-order valence-electron chi connectivity index (χ0n) is 8.20. The molecule has 1 rings (SSSR count). The molecule has 0 heterocycles. The Balaban J connectivity index is 3.93. The highest BCUT2D eigenvalue weighted by molar-refractivity contribution is 14.1. The van der Waals surface area contributed by atoms with Gasteiger partial charge >= 0.3 is 11.9 Å². The van der Waals surface area contributed by atoms with Crippen LogP contribution < -0.4 is 0 Å². The van der Waals surface area contributed by atoms with Crippen molar-refractivity contribution >= 4 is 103 Å². The van der Waals surface area contributed by atoms with Gasteiger partial charge in [0.25, 0.3) is 0 Å². The Bertz CT molecular complexity index is 525. The Hall–Kier alpha value is 0.150. The number of hydrogen-bond donors (Lipinski definition) is 2. The molecule has 0 aliphatic heterocycles. The van der Waals surface area contributed by atoms with Gasteiger partial charge in [-0.15, -0.1) is 0 Å². The normalized spacial score (nSPS) is 9.72. The third kappa shape index (κ3) is 3.00. The molecule has 0 spiro atoms. The summed E-state index contributed by atoms with van der Waals surface area (Å²) in [5.74, 6) is -2.41. The fourth-order valence-electron chi connectivity index (χ4n) is 1.17. The predicted molar refractivity (Wildman–Crippen MR) is 93.2 cm³/mol. The largest absolute Gasteiger partial charge is 0.478 e. The van der Waals surface area contributed by atoms with Gasteiger partial charge in [-0.05, 0) is 80.0 Å². The second kappa shape index (κ2) is 6.54. The molecule has 2 N–H and O–H groups in total. The molecule has 0 radical (unpaired) electrons. The van der Waals surface area contributed by atoms with Crippen molar-refractivity contribution in [2.45, 2.75) is 0 Å². The van der Waals surface area contributed by atoms with Gasteiger partial charge < -0.3 is 10.2 Å². The van der Waals surface area contributed by atoms with Gasteiger partial charge in [-0.25, -0.2) is 9.59 Å². The highest BCUT2D eigenvalue weighted by Gasteiger charge is 2.27. The van der Waals surface area contributed by atoms with E-state index in [1.807, 2.05) is 45.2 Å². The number of aromatic carboxylic acids is 2. The average molecular weight is 601 g/mol. The molecule has 0 unspecified atom stereocenters. The molecule has 0 aliphatic rings. The minimum atomic E-state index is -1.21. The molecule has 1 aromatic rings. The molecule has 0 atom stereocenters. The first-order valence-corrected chi connectivity index (χ1v) is 7.72. The Labute approximate surface area is 147 Å². The number of hydrogen-bond acceptors (Lipinski definition) is 4. The lowest BCUT2D eigenvalue weighted by atomic mass is 10.1. The molecule has 0 saturated heterocycles. The first-order valence-electron chi connectivity index (χ1n) is 4.07. The molecule has 0 aromatic heterocycles. The van der Waals surface area contributed by atoms with E-state index >= 15 is 0 Å². The van der Waals surface area contributed by atoms with Crippen LogP contribution in [0.3, 0.4) is 0 Å². The standard InChI is InChI=1S/C9H2I3NO4S/c10-4-2(8(14)15)5(11)7(13-1-18)6(12)3(4)9(16)17/h(H,14,15)(H,16,17). The molecule has 0 fully saturated rings. The third-order valence-electron chi connectivity index (χ3n) is 1.88. The molecule has 0 aliphatic carbocycles. The number of thiocarbonyl (C=S) groups is 1. The van der Waals surface area contributed by atoms with Crippen molar-refractivity contribution in [1.29, 1.82) is 0 Å². The Morgan fingerprint density at radius 3 is 1.67 bits per heavy atom. The minimum Gasteiger partial charge on any atom is -0.478 e. The van der Waals surface area contributed by atoms with Gasteiger partial charge in [0, 0.05) is 3.57 Å². The lowest BCUT2D eigenvalue weighted by molar-refractivity contribution is 0.0694. The van der Waals surface area contributed by atoms with Crippen LogP contribution in [0.25, 0.3) is 0 Å². The van der Waals surface area contributed by atoms with E-state index in [0.717, 1.165) is 0 Å². The van der Waals surface area contributed by atoms with Crippen LogP contribution in [0.15, 0.2) is 4.99 Å². The van der Waals surface area contributed by atoms with Gasteiger partial charge in [-0.2, -0.15) is 4.99 Å². The van der Waals surface area contributed by atoms with E-state index in [1.165, 1.54) is 0 Å². The van der Waals surface area contributed by atoms with Gasteiger partial charge in [0.05, 0.1) is 23.4 Å². The van der Waals surface area contributed by atoms with Gasteiger partial charge in [0.15, 0.2) is 0 Å². The van der Waals surface area contributed by atoms with Gasteiger partial charge in [-0.3, -0.25) is 0 Å². The van der Waals surface area contributed by atoms with E-state index < -0.39 is 11.9 Å². The van der Waals surface area contributed by atoms with Crippen molar-refractivity contribution in [2.24, 2.45) is 4.99 Å². The highest BCUT2D eigenvalue weighted by Crippen LogP contribution is 2.37. The van der Waals surface area contributed by atoms with Gasteiger partial charge in [0.1, 0.15) is 5.69 Å². The zero-order chi connectivity index (χ0) is 14.0. The number of aliphatic imine (C=N–C) groups is 1. The smallest absolute Gasteiger partial charge is 0.337 e. The van der Waals surface area contributed by atoms with Crippen molar-refractivity contribution in [2.75, 3.05) is 0 Å². The second-order valence-electron chi connectivity index (χ2n) is 2.85. The van der Waals surface area contributed by atoms with Crippen LogP contribution in [0, 0.1) is 10.7 Å². The summed E-state index contributed by atoms with van der Waals surface area (Å²) < 4.78 is 0.859. The lowest BCUT2D eigenvalue weighted by Crippen LogP contribution is -2.12. The summed E-state index contributed by atoms with van der Waals surface area (Å²) in [7, 11) is 0. The van der Waals surface area contributed by atoms with Crippen molar-refractivity contribution in [1.82, 2.24) is 0 Å². The number of isothiocyanates is 1. The Kier molecular flexibility index (Phi) is 5.89. The fourth-order valence-corrected chi connectivity index (χ4v) is 5.59. The number of benzene rings is 1. The van der Waals surface area contributed by atoms with E-state index in [1.54, 1.807) is 22.6 Å². The number of carbonyl (C=O) groups is 2. The van der Waals surface area contributed by atoms with Crippen LogP contribution in [0.5, 0.6) is 0 Å². The molecule has 0 bridgehead atoms. The predicted octanol–water partition coefficient (Wildman–Crippen LogP) is 3.63. The summed E-state index contributed by atoms with van der Waals surface area (Å²) in [4.78, 5) is 26.1. The first-order chi connectivity index (χ1) is 8.32. The number of carboxylic acid groups (broad SMARTS) is 2. The van der Waals surface area contributed by atoms with E-state index in [0.29, 0.717) is 7.14 Å². The molecular weight excluding hydrogens is 599 g/mol. The summed E-state index contributed by atoms with van der Waals surface area (Å²) in [5.41, 5.74) is 0.0532. The number of carboxylic acids is 2. The average Bonchev–Trinajstić information content (AvgIpc) is 2.23. The summed E-state index contributed by atoms with van der Waals surface area (Å²) in [6.07, 6.45) is 0. The third-order valence-corrected chi connectivity index (χ3v) is 5.15. The van der Waals surface area contributed by atoms with Gasteiger partial charge in [0.2, 0.25) is 0 Å². The first kappa shape index (κ1) is 16.2. The molecule has 0 saturated carbocycles. The molecule has 9 heteroatoms. The van der Waals surface area contributed by atoms with E-state index in [4.69, 9.17) is 10.2 Å². The number of nitrogens with zero attached hydrogens (tertiary/aromatic N) is 1. The quantitative estimate of drug-likeness (QED) is 0.315. The summed E-state index contributed by atoms with van der Waals surface area (Å²) in [5, 5.41) is 20.4. The Morgan fingerprint density at radius 1 is 1.00 bits per heavy atom. The molecule has 1 aromatic carbocycles. The van der Waals surface area contributed by atoms with Crippen LogP contribution in [0.1, 0.15) is 20.7 Å². The number of rotatable bonds is 3. The maximum Gasteiger partial charge on any atom is 0.337 e. The molecule has 18 heavy (non-hydrogen) atoms. The zero-order valence-corrected chi connectivity index (χ0v) is 15.5. The van der Waals surface area contributed by atoms with Crippen LogP contribution in [0.4, 0.5) is 5.69 Å². The SMILES string of the molecule is O=C(O)c1c(I)c(N=C=S)c(I)c(C(=O)O)c1I. The lowest BCUT2D eigenvalue weighted by Gasteiger charge is -2.11. The van der Waals surface area contributed by atoms with Crippen LogP contribution >= 0.6 is 80.0 Å². The van der Waals surface area contributed by atoms with Crippen molar-refractivity contribution in [3.8, 4) is 0 Å². The second-order valence-corrected chi connectivity index (χ2v) is 6.27. The van der Waals surface area contributed by atoms with Crippen LogP contribution in [-0.2, 0) is 0 Å². The maximum atomic E-state index is 11.2. The van der Waals surface area contributed by atoms with E-state index in [9.17, 15) is 9.59 Å². The molecule has 94 valence electrons. The monoisotopic (exact) mass is 601 g/mol. The summed E-state index contributed by atoms with van der Waals surface area (Å²) >= 11 is 9.81. The highest BCUT2D eigenvalue weighted by atomic mass is 127. The van der Waals surface area contributed by atoms with Gasteiger partial charge in [-0.1, -0.05) is 0 Å². The topological polar surface area (TPSA) is 87.0 Å². The van der Waals surface area contributed by atoms with E-state index in [2.05, 4.69) is 22.4 Å². The van der Waals surface area contributed by atoms with Crippen LogP contribution in [0.2, 0.25) is 0 Å². The summed E-state index contributed by atoms with van der Waals surface area (Å²) in [6, 6.07) is 0. The Morgan fingerprint density at radius 2 is 1.39 bits per heavy atom. The molecular formula is C9H2I3NO4S. The van der Waals surface area contributed by atoms with Crippen LogP contribution in [-0.4, -0.2) is 27.3 Å². The maximum absolute atomic E-state index is 11.2. The molecule has 5 nitrogen and oxygen atoms in total. The fraction of sp³-hybridized carbons (Fsp3) is 0. The van der Waals surface area contributed by atoms with E-state index in [-0.39, 0.29) is 20.4 Å². The molecule has 0 amide bonds. The minimum absolute atomic E-state index is 0.0852. The number of halogens is 3. The van der Waals surface area contributed by atoms with Crippen molar-refractivity contribution < 1.29 is 19.8 Å². The van der Waals surface area contributed by atoms with Crippen molar-refractivity contribution in [3.05, 3.63) is 21.8 Å².